The van der Waals surface area contributed by atoms with E-state index < -0.39 is 5.97 Å². The summed E-state index contributed by atoms with van der Waals surface area (Å²) in [6.45, 7) is 1.85. The first-order valence-corrected chi connectivity index (χ1v) is 4.10. The molecule has 0 saturated heterocycles. The Kier molecular flexibility index (Phi) is 3.09. The van der Waals surface area contributed by atoms with Gasteiger partial charge in [0.15, 0.2) is 0 Å². The molecule has 1 rings (SSSR count). The number of rotatable bonds is 3. The SMILES string of the molecule is CCc1cc(N=[N+]=[N-])ccc1C(=O)O. The highest BCUT2D eigenvalue weighted by atomic mass is 16.4. The summed E-state index contributed by atoms with van der Waals surface area (Å²) in [7, 11) is 0. The fourth-order valence-electron chi connectivity index (χ4n) is 1.20. The van der Waals surface area contributed by atoms with Gasteiger partial charge in [0, 0.05) is 10.6 Å². The number of carbonyl (C=O) groups is 1. The standard InChI is InChI=1S/C9H9N3O2/c1-2-6-5-7(11-12-10)3-4-8(6)9(13)14/h3-5H,2H2,1H3,(H,13,14). The van der Waals surface area contributed by atoms with E-state index in [0.29, 0.717) is 17.7 Å². The average molecular weight is 191 g/mol. The fraction of sp³-hybridized carbons (Fsp3) is 0.222. The molecule has 1 N–H and O–H groups in total. The molecular formula is C9H9N3O2. The molecule has 0 fully saturated rings. The molecule has 0 atom stereocenters. The number of azide groups is 1. The van der Waals surface area contributed by atoms with Crippen LogP contribution in [0.1, 0.15) is 22.8 Å². The molecular weight excluding hydrogens is 182 g/mol. The zero-order valence-electron chi connectivity index (χ0n) is 7.64. The van der Waals surface area contributed by atoms with Crippen LogP contribution in [0.3, 0.4) is 0 Å². The summed E-state index contributed by atoms with van der Waals surface area (Å²) in [4.78, 5) is 13.4. The van der Waals surface area contributed by atoms with Gasteiger partial charge in [-0.25, -0.2) is 4.79 Å². The summed E-state index contributed by atoms with van der Waals surface area (Å²) in [6.07, 6.45) is 0.594. The van der Waals surface area contributed by atoms with Crippen LogP contribution >= 0.6 is 0 Å². The second-order valence-electron chi connectivity index (χ2n) is 2.69. The summed E-state index contributed by atoms with van der Waals surface area (Å²) in [5.74, 6) is -0.964. The van der Waals surface area contributed by atoms with E-state index in [1.54, 1.807) is 6.07 Å². The van der Waals surface area contributed by atoms with E-state index in [-0.39, 0.29) is 5.56 Å². The van der Waals surface area contributed by atoms with Crippen LogP contribution in [0.15, 0.2) is 23.3 Å². The number of hydrogen-bond donors (Lipinski definition) is 1. The van der Waals surface area contributed by atoms with Crippen LogP contribution < -0.4 is 0 Å². The molecule has 72 valence electrons. The lowest BCUT2D eigenvalue weighted by molar-refractivity contribution is 0.0696. The van der Waals surface area contributed by atoms with Crippen LogP contribution in [0.2, 0.25) is 0 Å². The van der Waals surface area contributed by atoms with Crippen LogP contribution in [0.4, 0.5) is 5.69 Å². The van der Waals surface area contributed by atoms with Gasteiger partial charge in [-0.15, -0.1) is 0 Å². The number of carboxylic acids is 1. The Labute approximate surface area is 80.6 Å². The summed E-state index contributed by atoms with van der Waals surface area (Å²) >= 11 is 0. The third-order valence-electron chi connectivity index (χ3n) is 1.86. The van der Waals surface area contributed by atoms with Crippen LogP contribution in [-0.4, -0.2) is 11.1 Å². The molecule has 0 aliphatic carbocycles. The maximum absolute atomic E-state index is 10.7. The topological polar surface area (TPSA) is 86.1 Å². The molecule has 0 spiro atoms. The summed E-state index contributed by atoms with van der Waals surface area (Å²) in [5.41, 5.74) is 9.57. The molecule has 5 heteroatoms. The van der Waals surface area contributed by atoms with Crippen molar-refractivity contribution in [2.24, 2.45) is 5.11 Å². The van der Waals surface area contributed by atoms with Crippen molar-refractivity contribution in [3.63, 3.8) is 0 Å². The molecule has 0 aromatic heterocycles. The zero-order chi connectivity index (χ0) is 10.6. The van der Waals surface area contributed by atoms with Gasteiger partial charge in [-0.05, 0) is 29.6 Å². The maximum Gasteiger partial charge on any atom is 0.335 e. The molecule has 0 aliphatic heterocycles. The van der Waals surface area contributed by atoms with Gasteiger partial charge < -0.3 is 5.11 Å². The van der Waals surface area contributed by atoms with Gasteiger partial charge >= 0.3 is 5.97 Å². The lowest BCUT2D eigenvalue weighted by Gasteiger charge is -2.03. The third kappa shape index (κ3) is 2.02. The van der Waals surface area contributed by atoms with Crippen LogP contribution in [0.25, 0.3) is 10.4 Å². The summed E-state index contributed by atoms with van der Waals surface area (Å²) in [5, 5.41) is 12.2. The van der Waals surface area contributed by atoms with Crippen molar-refractivity contribution in [1.82, 2.24) is 0 Å². The maximum atomic E-state index is 10.7. The molecule has 0 aliphatic rings. The third-order valence-corrected chi connectivity index (χ3v) is 1.86. The molecule has 0 heterocycles. The van der Waals surface area contributed by atoms with Crippen LogP contribution in [-0.2, 0) is 6.42 Å². The lowest BCUT2D eigenvalue weighted by Crippen LogP contribution is -2.00. The lowest BCUT2D eigenvalue weighted by atomic mass is 10.0. The monoisotopic (exact) mass is 191 g/mol. The number of aromatic carboxylic acids is 1. The van der Waals surface area contributed by atoms with Crippen molar-refractivity contribution in [2.75, 3.05) is 0 Å². The Morgan fingerprint density at radius 1 is 1.64 bits per heavy atom. The minimum Gasteiger partial charge on any atom is -0.478 e. The van der Waals surface area contributed by atoms with E-state index in [9.17, 15) is 4.79 Å². The molecule has 0 radical (unpaired) electrons. The molecule has 14 heavy (non-hydrogen) atoms. The predicted molar refractivity (Wildman–Crippen MR) is 51.6 cm³/mol. The predicted octanol–water partition coefficient (Wildman–Crippen LogP) is 2.89. The molecule has 1 aromatic rings. The largest absolute Gasteiger partial charge is 0.478 e. The van der Waals surface area contributed by atoms with Crippen molar-refractivity contribution in [2.45, 2.75) is 13.3 Å². The summed E-state index contributed by atoms with van der Waals surface area (Å²) in [6, 6.07) is 4.52. The van der Waals surface area contributed by atoms with Gasteiger partial charge in [0.2, 0.25) is 0 Å². The van der Waals surface area contributed by atoms with Gasteiger partial charge in [-0.1, -0.05) is 18.1 Å². The van der Waals surface area contributed by atoms with Gasteiger partial charge in [-0.3, -0.25) is 0 Å². The highest BCUT2D eigenvalue weighted by Gasteiger charge is 2.08. The molecule has 0 unspecified atom stereocenters. The quantitative estimate of drug-likeness (QED) is 0.452. The molecule has 0 saturated carbocycles. The van der Waals surface area contributed by atoms with Gasteiger partial charge in [0.25, 0.3) is 0 Å². The first kappa shape index (κ1) is 10.1. The zero-order valence-corrected chi connectivity index (χ0v) is 7.64. The highest BCUT2D eigenvalue weighted by molar-refractivity contribution is 5.89. The molecule has 0 amide bonds. The first-order chi connectivity index (χ1) is 6.69. The number of aryl methyl sites for hydroxylation is 1. The van der Waals surface area contributed by atoms with E-state index in [1.807, 2.05) is 6.92 Å². The van der Waals surface area contributed by atoms with Gasteiger partial charge in [0.05, 0.1) is 5.56 Å². The Bertz CT molecular complexity index is 409. The second-order valence-corrected chi connectivity index (χ2v) is 2.69. The van der Waals surface area contributed by atoms with Crippen molar-refractivity contribution in [3.8, 4) is 0 Å². The van der Waals surface area contributed by atoms with Gasteiger partial charge in [0.1, 0.15) is 0 Å². The Morgan fingerprint density at radius 2 is 2.36 bits per heavy atom. The van der Waals surface area contributed by atoms with E-state index in [2.05, 4.69) is 10.0 Å². The number of hydrogen-bond acceptors (Lipinski definition) is 2. The van der Waals surface area contributed by atoms with Crippen LogP contribution in [0.5, 0.6) is 0 Å². The second kappa shape index (κ2) is 4.30. The number of nitrogens with zero attached hydrogens (tertiary/aromatic N) is 3. The number of carboxylic acid groups (broad SMARTS) is 1. The molecule has 1 aromatic carbocycles. The Balaban J connectivity index is 3.24. The summed E-state index contributed by atoms with van der Waals surface area (Å²) < 4.78 is 0. The highest BCUT2D eigenvalue weighted by Crippen LogP contribution is 2.19. The van der Waals surface area contributed by atoms with Crippen molar-refractivity contribution < 1.29 is 9.90 Å². The molecule has 0 bridgehead atoms. The van der Waals surface area contributed by atoms with Crippen molar-refractivity contribution in [1.29, 1.82) is 0 Å². The van der Waals surface area contributed by atoms with E-state index in [1.165, 1.54) is 12.1 Å². The first-order valence-electron chi connectivity index (χ1n) is 4.10. The normalized spacial score (nSPS) is 9.21. The Hall–Kier alpha value is -2.00. The van der Waals surface area contributed by atoms with Gasteiger partial charge in [-0.2, -0.15) is 0 Å². The van der Waals surface area contributed by atoms with Crippen LogP contribution in [0, 0.1) is 0 Å². The molecule has 5 nitrogen and oxygen atoms in total. The Morgan fingerprint density at radius 3 is 2.86 bits per heavy atom. The van der Waals surface area contributed by atoms with E-state index in [4.69, 9.17) is 10.6 Å². The minimum absolute atomic E-state index is 0.254. The van der Waals surface area contributed by atoms with E-state index >= 15 is 0 Å². The van der Waals surface area contributed by atoms with E-state index in [0.717, 1.165) is 0 Å². The van der Waals surface area contributed by atoms with Crippen molar-refractivity contribution >= 4 is 11.7 Å². The minimum atomic E-state index is -0.964. The smallest absolute Gasteiger partial charge is 0.335 e. The van der Waals surface area contributed by atoms with Crippen molar-refractivity contribution in [3.05, 3.63) is 39.8 Å². The average Bonchev–Trinajstić information content (AvgIpc) is 2.17. The fourth-order valence-corrected chi connectivity index (χ4v) is 1.20. The number of benzene rings is 1.